The number of aromatic nitrogens is 2. The topological polar surface area (TPSA) is 124 Å². The number of rotatable bonds is 8. The molecule has 4 rings (SSSR count). The molecule has 35 heavy (non-hydrogen) atoms. The monoisotopic (exact) mass is 496 g/mol. The molecule has 1 fully saturated rings. The molecule has 184 valence electrons. The highest BCUT2D eigenvalue weighted by Gasteiger charge is 2.47. The Balaban J connectivity index is 1.64. The zero-order chi connectivity index (χ0) is 25.0. The number of anilines is 1. The van der Waals surface area contributed by atoms with Gasteiger partial charge in [0.25, 0.3) is 5.91 Å². The molecule has 0 saturated carbocycles. The summed E-state index contributed by atoms with van der Waals surface area (Å²) in [5, 5.41) is 3.39. The highest BCUT2D eigenvalue weighted by molar-refractivity contribution is 6.31. The molecule has 1 aromatic heterocycles. The van der Waals surface area contributed by atoms with Crippen LogP contribution in [-0.4, -0.2) is 63.2 Å². The maximum Gasteiger partial charge on any atom is 0.252 e. The van der Waals surface area contributed by atoms with Gasteiger partial charge in [-0.05, 0) is 48.6 Å². The average molecular weight is 497 g/mol. The maximum absolute atomic E-state index is 13.8. The van der Waals surface area contributed by atoms with Gasteiger partial charge in [0.2, 0.25) is 18.3 Å². The van der Waals surface area contributed by atoms with Crippen molar-refractivity contribution in [1.82, 2.24) is 19.8 Å². The zero-order valence-corrected chi connectivity index (χ0v) is 20.3. The van der Waals surface area contributed by atoms with Gasteiger partial charge in [-0.2, -0.15) is 0 Å². The average Bonchev–Trinajstić information content (AvgIpc) is 3.29. The first-order valence-electron chi connectivity index (χ1n) is 11.6. The molecule has 1 aliphatic rings. The molecule has 0 atom stereocenters. The van der Waals surface area contributed by atoms with E-state index in [0.717, 1.165) is 28.6 Å². The first kappa shape index (κ1) is 24.7. The third kappa shape index (κ3) is 5.01. The molecule has 1 aliphatic heterocycles. The van der Waals surface area contributed by atoms with E-state index in [1.807, 2.05) is 36.4 Å². The van der Waals surface area contributed by atoms with Crippen LogP contribution in [0.1, 0.15) is 30.9 Å². The minimum Gasteiger partial charge on any atom is -0.341 e. The van der Waals surface area contributed by atoms with Gasteiger partial charge in [-0.3, -0.25) is 19.7 Å². The van der Waals surface area contributed by atoms with Gasteiger partial charge >= 0.3 is 0 Å². The second-order valence-corrected chi connectivity index (χ2v) is 9.09. The highest BCUT2D eigenvalue weighted by atomic mass is 35.5. The summed E-state index contributed by atoms with van der Waals surface area (Å²) in [6.07, 6.45) is 2.07. The van der Waals surface area contributed by atoms with Crippen LogP contribution in [0.15, 0.2) is 42.5 Å². The molecule has 0 aliphatic carbocycles. The molecule has 9 nitrogen and oxygen atoms in total. The number of carbonyl (C=O) groups excluding carboxylic acids is 3. The fourth-order valence-electron chi connectivity index (χ4n) is 4.55. The molecule has 0 radical (unpaired) electrons. The summed E-state index contributed by atoms with van der Waals surface area (Å²) < 4.78 is 0. The van der Waals surface area contributed by atoms with Crippen molar-refractivity contribution in [1.29, 1.82) is 0 Å². The largest absolute Gasteiger partial charge is 0.341 e. The normalized spacial score (nSPS) is 15.1. The smallest absolute Gasteiger partial charge is 0.252 e. The van der Waals surface area contributed by atoms with Crippen molar-refractivity contribution < 1.29 is 14.4 Å². The van der Waals surface area contributed by atoms with Gasteiger partial charge in [-0.15, -0.1) is 0 Å². The van der Waals surface area contributed by atoms with Crippen molar-refractivity contribution >= 4 is 46.8 Å². The number of hydrogen-bond donors (Lipinski definition) is 3. The number of amides is 3. The second kappa shape index (κ2) is 10.5. The molecule has 2 heterocycles. The predicted octanol–water partition coefficient (Wildman–Crippen LogP) is 2.70. The first-order valence-corrected chi connectivity index (χ1v) is 12.0. The third-order valence-electron chi connectivity index (χ3n) is 6.70. The summed E-state index contributed by atoms with van der Waals surface area (Å²) in [6.45, 7) is 2.72. The van der Waals surface area contributed by atoms with Crippen LogP contribution in [0.3, 0.4) is 0 Å². The number of carbonyl (C=O) groups is 3. The fourth-order valence-corrected chi connectivity index (χ4v) is 4.75. The Labute approximate surface area is 208 Å². The van der Waals surface area contributed by atoms with Crippen molar-refractivity contribution in [3.05, 3.63) is 58.6 Å². The van der Waals surface area contributed by atoms with E-state index in [0.29, 0.717) is 30.5 Å². The van der Waals surface area contributed by atoms with E-state index >= 15 is 0 Å². The van der Waals surface area contributed by atoms with Crippen LogP contribution in [0.25, 0.3) is 11.0 Å². The zero-order valence-electron chi connectivity index (χ0n) is 19.6. The number of likely N-dealkylation sites (tertiary alicyclic amines) is 1. The van der Waals surface area contributed by atoms with Gasteiger partial charge in [-0.25, -0.2) is 4.98 Å². The summed E-state index contributed by atoms with van der Waals surface area (Å²) in [6, 6.07) is 13.1. The van der Waals surface area contributed by atoms with Crippen molar-refractivity contribution in [3.8, 4) is 0 Å². The van der Waals surface area contributed by atoms with Gasteiger partial charge < -0.3 is 20.5 Å². The number of nitrogens with one attached hydrogen (secondary N) is 2. The Morgan fingerprint density at radius 3 is 2.66 bits per heavy atom. The quantitative estimate of drug-likeness (QED) is 0.413. The molecular weight excluding hydrogens is 468 g/mol. The van der Waals surface area contributed by atoms with E-state index in [4.69, 9.17) is 17.3 Å². The molecule has 3 amide bonds. The summed E-state index contributed by atoms with van der Waals surface area (Å²) in [5.41, 5.74) is 7.76. The molecule has 3 aromatic rings. The molecule has 4 N–H and O–H groups in total. The standard InChI is InChI=1S/C25H29ClN6O3/c1-2-17-7-8-20-21(13-17)29-24(28-20)30-23(35)25(9-11-31(12-10-25)22(34)14-27)32(16-33)15-18-5-3-4-6-19(18)26/h3-8,13,16H,2,9-12,14-15,27H2,1H3,(H2,28,29,30,35). The van der Waals surface area contributed by atoms with Gasteiger partial charge in [-0.1, -0.05) is 42.8 Å². The summed E-state index contributed by atoms with van der Waals surface area (Å²) in [5.74, 6) is -0.250. The van der Waals surface area contributed by atoms with Gasteiger partial charge in [0.15, 0.2) is 0 Å². The Morgan fingerprint density at radius 1 is 1.26 bits per heavy atom. The number of aryl methyl sites for hydroxylation is 1. The number of fused-ring (bicyclic) bond motifs is 1. The summed E-state index contributed by atoms with van der Waals surface area (Å²) >= 11 is 6.35. The maximum atomic E-state index is 13.8. The van der Waals surface area contributed by atoms with Crippen molar-refractivity contribution in [2.75, 3.05) is 25.0 Å². The Kier molecular flexibility index (Phi) is 7.37. The summed E-state index contributed by atoms with van der Waals surface area (Å²) in [7, 11) is 0. The molecule has 2 aromatic carbocycles. The molecule has 0 bridgehead atoms. The fraction of sp³-hybridized carbons (Fsp3) is 0.360. The summed E-state index contributed by atoms with van der Waals surface area (Å²) in [4.78, 5) is 49.0. The third-order valence-corrected chi connectivity index (χ3v) is 7.07. The number of piperidine rings is 1. The van der Waals surface area contributed by atoms with Crippen molar-refractivity contribution in [2.45, 2.75) is 38.3 Å². The molecule has 10 heteroatoms. The first-order chi connectivity index (χ1) is 16.9. The lowest BCUT2D eigenvalue weighted by molar-refractivity contribution is -0.145. The lowest BCUT2D eigenvalue weighted by Gasteiger charge is -2.45. The van der Waals surface area contributed by atoms with Crippen LogP contribution in [0.5, 0.6) is 0 Å². The van der Waals surface area contributed by atoms with Crippen molar-refractivity contribution in [3.63, 3.8) is 0 Å². The number of benzene rings is 2. The van der Waals surface area contributed by atoms with Crippen LogP contribution >= 0.6 is 11.6 Å². The number of imidazole rings is 1. The van der Waals surface area contributed by atoms with Crippen LogP contribution in [0.2, 0.25) is 5.02 Å². The number of hydrogen-bond acceptors (Lipinski definition) is 5. The van der Waals surface area contributed by atoms with Crippen LogP contribution < -0.4 is 11.1 Å². The van der Waals surface area contributed by atoms with Gasteiger partial charge in [0.05, 0.1) is 17.6 Å². The van der Waals surface area contributed by atoms with E-state index in [1.165, 1.54) is 4.90 Å². The minimum atomic E-state index is -1.19. The number of nitrogens with two attached hydrogens (primary N) is 1. The molecule has 0 spiro atoms. The number of halogens is 1. The molecule has 1 saturated heterocycles. The number of nitrogens with zero attached hydrogens (tertiary/aromatic N) is 3. The lowest BCUT2D eigenvalue weighted by atomic mass is 9.84. The number of H-pyrrole nitrogens is 1. The minimum absolute atomic E-state index is 0.102. The SMILES string of the molecule is CCc1ccc2[nH]c(NC(=O)C3(N(C=O)Cc4ccccc4Cl)CCN(C(=O)CN)CC3)nc2c1. The second-order valence-electron chi connectivity index (χ2n) is 8.69. The Morgan fingerprint density at radius 2 is 2.00 bits per heavy atom. The molecule has 0 unspecified atom stereocenters. The van der Waals surface area contributed by atoms with Crippen LogP contribution in [0, 0.1) is 0 Å². The van der Waals surface area contributed by atoms with E-state index in [-0.39, 0.29) is 37.7 Å². The van der Waals surface area contributed by atoms with Crippen LogP contribution in [-0.2, 0) is 27.3 Å². The Hall–Kier alpha value is -3.43. The van der Waals surface area contributed by atoms with Crippen molar-refractivity contribution in [2.24, 2.45) is 5.73 Å². The van der Waals surface area contributed by atoms with E-state index in [2.05, 4.69) is 22.2 Å². The van der Waals surface area contributed by atoms with E-state index < -0.39 is 5.54 Å². The van der Waals surface area contributed by atoms with Gasteiger partial charge in [0, 0.05) is 24.7 Å². The lowest BCUT2D eigenvalue weighted by Crippen LogP contribution is -2.62. The molecular formula is C25H29ClN6O3. The Bertz CT molecular complexity index is 1230. The highest BCUT2D eigenvalue weighted by Crippen LogP contribution is 2.32. The van der Waals surface area contributed by atoms with Gasteiger partial charge in [0.1, 0.15) is 5.54 Å². The van der Waals surface area contributed by atoms with E-state index in [1.54, 1.807) is 11.0 Å². The van der Waals surface area contributed by atoms with E-state index in [9.17, 15) is 14.4 Å². The predicted molar refractivity (Wildman–Crippen MR) is 135 cm³/mol. The van der Waals surface area contributed by atoms with Crippen LogP contribution in [0.4, 0.5) is 5.95 Å². The number of aromatic amines is 1.